The van der Waals surface area contributed by atoms with Gasteiger partial charge in [0.1, 0.15) is 5.75 Å². The Labute approximate surface area is 154 Å². The van der Waals surface area contributed by atoms with Gasteiger partial charge < -0.3 is 15.4 Å². The van der Waals surface area contributed by atoms with E-state index in [0.717, 1.165) is 36.5 Å². The Hall–Kier alpha value is -2.56. The second-order valence-electron chi connectivity index (χ2n) is 7.16. The molecule has 2 N–H and O–H groups in total. The van der Waals surface area contributed by atoms with E-state index < -0.39 is 0 Å². The van der Waals surface area contributed by atoms with Crippen LogP contribution in [-0.4, -0.2) is 30.5 Å². The van der Waals surface area contributed by atoms with Crippen LogP contribution in [0.5, 0.6) is 5.75 Å². The zero-order chi connectivity index (χ0) is 18.5. The smallest absolute Gasteiger partial charge is 0.258 e. The van der Waals surface area contributed by atoms with Gasteiger partial charge in [-0.2, -0.15) is 0 Å². The fourth-order valence-electron chi connectivity index (χ4n) is 3.36. The molecule has 0 unspecified atom stereocenters. The second kappa shape index (κ2) is 8.21. The molecule has 2 amide bonds. The van der Waals surface area contributed by atoms with Crippen molar-refractivity contribution in [2.24, 2.45) is 0 Å². The molecule has 0 spiro atoms. The molecule has 0 heterocycles. The third-order valence-electron chi connectivity index (χ3n) is 4.59. The minimum atomic E-state index is -0.199. The first-order valence-electron chi connectivity index (χ1n) is 9.29. The Morgan fingerprint density at radius 3 is 2.42 bits per heavy atom. The van der Waals surface area contributed by atoms with Crippen molar-refractivity contribution in [3.05, 3.63) is 42.0 Å². The van der Waals surface area contributed by atoms with Gasteiger partial charge in [0.15, 0.2) is 6.61 Å². The first-order valence-corrected chi connectivity index (χ1v) is 9.29. The highest BCUT2D eigenvalue weighted by atomic mass is 16.5. The van der Waals surface area contributed by atoms with Crippen LogP contribution in [0.15, 0.2) is 36.4 Å². The number of nitrogens with one attached hydrogen (secondary N) is 2. The molecule has 0 atom stereocenters. The quantitative estimate of drug-likeness (QED) is 0.835. The van der Waals surface area contributed by atoms with E-state index >= 15 is 0 Å². The summed E-state index contributed by atoms with van der Waals surface area (Å²) in [6.07, 6.45) is 4.35. The molecule has 1 aliphatic rings. The molecule has 5 nitrogen and oxygen atoms in total. The maximum Gasteiger partial charge on any atom is 0.258 e. The molecule has 26 heavy (non-hydrogen) atoms. The van der Waals surface area contributed by atoms with Gasteiger partial charge in [-0.3, -0.25) is 9.59 Å². The van der Waals surface area contributed by atoms with Crippen molar-refractivity contribution in [2.45, 2.75) is 51.6 Å². The molecule has 1 aliphatic carbocycles. The van der Waals surface area contributed by atoms with Gasteiger partial charge in [0.05, 0.1) is 5.56 Å². The number of hydrogen-bond acceptors (Lipinski definition) is 3. The lowest BCUT2D eigenvalue weighted by Gasteiger charge is -2.16. The highest BCUT2D eigenvalue weighted by molar-refractivity contribution is 6.01. The van der Waals surface area contributed by atoms with E-state index in [-0.39, 0.29) is 30.5 Å². The third kappa shape index (κ3) is 4.54. The highest BCUT2D eigenvalue weighted by Crippen LogP contribution is 2.27. The van der Waals surface area contributed by atoms with Crippen LogP contribution in [0.2, 0.25) is 0 Å². The number of rotatable bonds is 6. The Morgan fingerprint density at radius 2 is 1.77 bits per heavy atom. The summed E-state index contributed by atoms with van der Waals surface area (Å²) in [6, 6.07) is 11.8. The van der Waals surface area contributed by atoms with Crippen LogP contribution in [-0.2, 0) is 4.79 Å². The van der Waals surface area contributed by atoms with E-state index in [1.165, 1.54) is 0 Å². The van der Waals surface area contributed by atoms with Gasteiger partial charge in [-0.05, 0) is 49.6 Å². The summed E-state index contributed by atoms with van der Waals surface area (Å²) in [5.41, 5.74) is 0.480. The predicted octanol–water partition coefficient (Wildman–Crippen LogP) is 3.42. The van der Waals surface area contributed by atoms with Gasteiger partial charge in [-0.1, -0.05) is 37.1 Å². The van der Waals surface area contributed by atoms with Crippen LogP contribution >= 0.6 is 0 Å². The van der Waals surface area contributed by atoms with Crippen molar-refractivity contribution in [3.63, 3.8) is 0 Å². The average molecular weight is 354 g/mol. The van der Waals surface area contributed by atoms with Crippen LogP contribution in [0.3, 0.4) is 0 Å². The average Bonchev–Trinajstić information content (AvgIpc) is 3.11. The van der Waals surface area contributed by atoms with E-state index in [9.17, 15) is 9.59 Å². The SMILES string of the molecule is CC(C)NC(=O)COc1cc2ccccc2cc1C(=O)NC1CCCC1. The molecular weight excluding hydrogens is 328 g/mol. The van der Waals surface area contributed by atoms with E-state index in [4.69, 9.17) is 4.74 Å². The van der Waals surface area contributed by atoms with Gasteiger partial charge in [0, 0.05) is 12.1 Å². The molecular formula is C21H26N2O3. The van der Waals surface area contributed by atoms with Crippen LogP contribution in [0.1, 0.15) is 49.9 Å². The predicted molar refractivity (Wildman–Crippen MR) is 102 cm³/mol. The number of carbonyl (C=O) groups is 2. The molecule has 5 heteroatoms. The van der Waals surface area contributed by atoms with Gasteiger partial charge in [0.2, 0.25) is 0 Å². The number of benzene rings is 2. The molecule has 0 aromatic heterocycles. The van der Waals surface area contributed by atoms with Crippen LogP contribution in [0.4, 0.5) is 0 Å². The number of carbonyl (C=O) groups excluding carboxylic acids is 2. The van der Waals surface area contributed by atoms with E-state index in [1.807, 2.05) is 50.2 Å². The van der Waals surface area contributed by atoms with E-state index in [0.29, 0.717) is 11.3 Å². The van der Waals surface area contributed by atoms with Gasteiger partial charge >= 0.3 is 0 Å². The summed E-state index contributed by atoms with van der Waals surface area (Å²) in [7, 11) is 0. The zero-order valence-corrected chi connectivity index (χ0v) is 15.4. The molecule has 1 saturated carbocycles. The van der Waals surface area contributed by atoms with Gasteiger partial charge in [-0.25, -0.2) is 0 Å². The van der Waals surface area contributed by atoms with Crippen molar-refractivity contribution >= 4 is 22.6 Å². The summed E-state index contributed by atoms with van der Waals surface area (Å²) in [6.45, 7) is 3.68. The largest absolute Gasteiger partial charge is 0.483 e. The normalized spacial score (nSPS) is 14.6. The molecule has 0 radical (unpaired) electrons. The molecule has 2 aromatic rings. The molecule has 0 saturated heterocycles. The van der Waals surface area contributed by atoms with Crippen molar-refractivity contribution in [3.8, 4) is 5.75 Å². The first kappa shape index (κ1) is 18.2. The summed E-state index contributed by atoms with van der Waals surface area (Å²) in [5.74, 6) is 0.107. The fourth-order valence-corrected chi connectivity index (χ4v) is 3.36. The standard InChI is InChI=1S/C21H26N2O3/c1-14(2)22-20(24)13-26-19-12-16-8-4-3-7-15(16)11-18(19)21(25)23-17-9-5-6-10-17/h3-4,7-8,11-12,14,17H,5-6,9-10,13H2,1-2H3,(H,22,24)(H,23,25). The fraction of sp³-hybridized carbons (Fsp3) is 0.429. The molecule has 138 valence electrons. The van der Waals surface area contributed by atoms with Crippen molar-refractivity contribution in [2.75, 3.05) is 6.61 Å². The summed E-state index contributed by atoms with van der Waals surface area (Å²) in [4.78, 5) is 24.7. The lowest BCUT2D eigenvalue weighted by atomic mass is 10.0. The lowest BCUT2D eigenvalue weighted by Crippen LogP contribution is -2.35. The number of amides is 2. The number of fused-ring (bicyclic) bond motifs is 1. The van der Waals surface area contributed by atoms with Gasteiger partial charge in [0.25, 0.3) is 11.8 Å². The van der Waals surface area contributed by atoms with Crippen molar-refractivity contribution in [1.82, 2.24) is 10.6 Å². The minimum absolute atomic E-state index is 0.0489. The number of ether oxygens (including phenoxy) is 1. The Balaban J connectivity index is 1.83. The molecule has 3 rings (SSSR count). The van der Waals surface area contributed by atoms with E-state index in [1.54, 1.807) is 0 Å². The van der Waals surface area contributed by atoms with Gasteiger partial charge in [-0.15, -0.1) is 0 Å². The summed E-state index contributed by atoms with van der Waals surface area (Å²) < 4.78 is 5.72. The van der Waals surface area contributed by atoms with Crippen LogP contribution in [0.25, 0.3) is 10.8 Å². The maximum atomic E-state index is 12.8. The zero-order valence-electron chi connectivity index (χ0n) is 15.4. The Bertz CT molecular complexity index is 795. The monoisotopic (exact) mass is 354 g/mol. The van der Waals surface area contributed by atoms with Crippen LogP contribution < -0.4 is 15.4 Å². The summed E-state index contributed by atoms with van der Waals surface area (Å²) in [5, 5.41) is 7.84. The molecule has 2 aromatic carbocycles. The molecule has 0 bridgehead atoms. The summed E-state index contributed by atoms with van der Waals surface area (Å²) >= 11 is 0. The lowest BCUT2D eigenvalue weighted by molar-refractivity contribution is -0.123. The van der Waals surface area contributed by atoms with E-state index in [2.05, 4.69) is 10.6 Å². The third-order valence-corrected chi connectivity index (χ3v) is 4.59. The maximum absolute atomic E-state index is 12.8. The van der Waals surface area contributed by atoms with Crippen molar-refractivity contribution in [1.29, 1.82) is 0 Å². The van der Waals surface area contributed by atoms with Crippen LogP contribution in [0, 0.1) is 0 Å². The molecule has 1 fully saturated rings. The first-order chi connectivity index (χ1) is 12.5. The Kier molecular flexibility index (Phi) is 5.76. The van der Waals surface area contributed by atoms with Crippen molar-refractivity contribution < 1.29 is 14.3 Å². The number of hydrogen-bond donors (Lipinski definition) is 2. The Morgan fingerprint density at radius 1 is 1.12 bits per heavy atom. The second-order valence-corrected chi connectivity index (χ2v) is 7.16. The highest BCUT2D eigenvalue weighted by Gasteiger charge is 2.21. The molecule has 0 aliphatic heterocycles. The minimum Gasteiger partial charge on any atom is -0.483 e. The topological polar surface area (TPSA) is 67.4 Å².